The van der Waals surface area contributed by atoms with Gasteiger partial charge in [-0.3, -0.25) is 9.59 Å². The van der Waals surface area contributed by atoms with Crippen LogP contribution in [-0.4, -0.2) is 24.9 Å². The third-order valence-electron chi connectivity index (χ3n) is 7.53. The minimum atomic E-state index is -0.0547. The zero-order valence-corrected chi connectivity index (χ0v) is 27.2. The highest BCUT2D eigenvalue weighted by Crippen LogP contribution is 2.14. The highest BCUT2D eigenvalue weighted by molar-refractivity contribution is 5.87. The molecule has 0 heterocycles. The number of unbranched alkanes of at least 4 members (excludes halogenated alkanes) is 24. The van der Waals surface area contributed by atoms with Gasteiger partial charge in [0.15, 0.2) is 0 Å². The van der Waals surface area contributed by atoms with Crippen molar-refractivity contribution < 1.29 is 9.59 Å². The molecule has 0 aromatic rings. The van der Waals surface area contributed by atoms with Crippen molar-refractivity contribution >= 4 is 11.8 Å². The van der Waals surface area contributed by atoms with E-state index in [0.29, 0.717) is 0 Å². The van der Waals surface area contributed by atoms with Crippen molar-refractivity contribution in [2.75, 3.05) is 13.1 Å². The summed E-state index contributed by atoms with van der Waals surface area (Å²) in [6.45, 7) is 13.0. The van der Waals surface area contributed by atoms with Gasteiger partial charge in [-0.05, 0) is 25.0 Å². The van der Waals surface area contributed by atoms with Crippen LogP contribution >= 0.6 is 0 Å². The second-order valence-corrected chi connectivity index (χ2v) is 11.5. The first-order chi connectivity index (χ1) is 19.6. The number of amides is 2. The SMILES string of the molecule is C=CC(=O)NCCCCCCCCCCCC.C=CC(=O)NCCCCCCCCCCCCCCCCCC. The summed E-state index contributed by atoms with van der Waals surface area (Å²) in [6.07, 6.45) is 38.0. The van der Waals surface area contributed by atoms with E-state index in [1.165, 1.54) is 166 Å². The van der Waals surface area contributed by atoms with Gasteiger partial charge in [0.25, 0.3) is 0 Å². The molecule has 0 unspecified atom stereocenters. The lowest BCUT2D eigenvalue weighted by molar-refractivity contribution is -0.117. The molecule has 0 aromatic heterocycles. The summed E-state index contributed by atoms with van der Waals surface area (Å²) in [5.74, 6) is -0.105. The molecule has 0 aliphatic heterocycles. The molecule has 236 valence electrons. The lowest BCUT2D eigenvalue weighted by Crippen LogP contribution is -2.21. The Labute approximate surface area is 251 Å². The summed E-state index contributed by atoms with van der Waals surface area (Å²) in [6, 6.07) is 0. The van der Waals surface area contributed by atoms with E-state index in [1.54, 1.807) is 0 Å². The van der Waals surface area contributed by atoms with Gasteiger partial charge in [0.2, 0.25) is 11.8 Å². The molecule has 0 atom stereocenters. The molecule has 0 rings (SSSR count). The molecule has 0 radical (unpaired) electrons. The first-order valence-electron chi connectivity index (χ1n) is 17.4. The molecule has 0 saturated carbocycles. The van der Waals surface area contributed by atoms with E-state index in [2.05, 4.69) is 37.6 Å². The third-order valence-corrected chi connectivity index (χ3v) is 7.53. The summed E-state index contributed by atoms with van der Waals surface area (Å²) in [4.78, 5) is 21.8. The Morgan fingerprint density at radius 2 is 0.600 bits per heavy atom. The molecule has 0 aliphatic carbocycles. The predicted octanol–water partition coefficient (Wildman–Crippen LogP) is 10.8. The summed E-state index contributed by atoms with van der Waals surface area (Å²) in [7, 11) is 0. The van der Waals surface area contributed by atoms with Crippen LogP contribution in [0.4, 0.5) is 0 Å². The zero-order valence-electron chi connectivity index (χ0n) is 27.2. The predicted molar refractivity (Wildman–Crippen MR) is 178 cm³/mol. The first-order valence-corrected chi connectivity index (χ1v) is 17.4. The van der Waals surface area contributed by atoms with Crippen molar-refractivity contribution in [2.45, 2.75) is 181 Å². The Morgan fingerprint density at radius 3 is 0.800 bits per heavy atom. The molecule has 0 aromatic carbocycles. The summed E-state index contributed by atoms with van der Waals surface area (Å²) < 4.78 is 0. The van der Waals surface area contributed by atoms with Crippen LogP contribution in [0.2, 0.25) is 0 Å². The van der Waals surface area contributed by atoms with Gasteiger partial charge in [-0.15, -0.1) is 0 Å². The molecule has 4 nitrogen and oxygen atoms in total. The van der Waals surface area contributed by atoms with Crippen LogP contribution in [0.1, 0.15) is 181 Å². The molecular formula is C36H70N2O2. The van der Waals surface area contributed by atoms with E-state index in [-0.39, 0.29) is 11.8 Å². The van der Waals surface area contributed by atoms with E-state index in [9.17, 15) is 9.59 Å². The van der Waals surface area contributed by atoms with Crippen molar-refractivity contribution in [2.24, 2.45) is 0 Å². The fraction of sp³-hybridized carbons (Fsp3) is 0.833. The van der Waals surface area contributed by atoms with Crippen LogP contribution in [-0.2, 0) is 9.59 Å². The molecule has 4 heteroatoms. The molecule has 0 bridgehead atoms. The smallest absolute Gasteiger partial charge is 0.243 e. The summed E-state index contributed by atoms with van der Waals surface area (Å²) in [5, 5.41) is 5.63. The van der Waals surface area contributed by atoms with Crippen LogP contribution in [0.15, 0.2) is 25.3 Å². The van der Waals surface area contributed by atoms with Crippen molar-refractivity contribution in [3.05, 3.63) is 25.3 Å². The van der Waals surface area contributed by atoms with Gasteiger partial charge in [-0.1, -0.05) is 181 Å². The Kier molecular flexibility index (Phi) is 37.9. The Morgan fingerprint density at radius 1 is 0.400 bits per heavy atom. The van der Waals surface area contributed by atoms with Gasteiger partial charge in [-0.2, -0.15) is 0 Å². The average Bonchev–Trinajstić information content (AvgIpc) is 2.97. The van der Waals surface area contributed by atoms with Gasteiger partial charge in [0, 0.05) is 13.1 Å². The second-order valence-electron chi connectivity index (χ2n) is 11.5. The minimum Gasteiger partial charge on any atom is -0.353 e. The molecule has 0 spiro atoms. The van der Waals surface area contributed by atoms with Crippen molar-refractivity contribution in [1.29, 1.82) is 0 Å². The van der Waals surface area contributed by atoms with E-state index < -0.39 is 0 Å². The average molecular weight is 563 g/mol. The third kappa shape index (κ3) is 38.6. The lowest BCUT2D eigenvalue weighted by Gasteiger charge is -2.04. The molecule has 0 fully saturated rings. The van der Waals surface area contributed by atoms with Gasteiger partial charge < -0.3 is 10.6 Å². The van der Waals surface area contributed by atoms with Crippen LogP contribution in [0.5, 0.6) is 0 Å². The Bertz CT molecular complexity index is 547. The normalized spacial score (nSPS) is 10.4. The van der Waals surface area contributed by atoms with Crippen LogP contribution < -0.4 is 10.6 Å². The maximum Gasteiger partial charge on any atom is 0.243 e. The number of hydrogen-bond acceptors (Lipinski definition) is 2. The van der Waals surface area contributed by atoms with Gasteiger partial charge in [-0.25, -0.2) is 0 Å². The first kappa shape index (κ1) is 40.6. The second kappa shape index (κ2) is 37.4. The number of carbonyl (C=O) groups is 2. The van der Waals surface area contributed by atoms with Gasteiger partial charge in [0.1, 0.15) is 0 Å². The maximum atomic E-state index is 10.9. The highest BCUT2D eigenvalue weighted by atomic mass is 16.2. The van der Waals surface area contributed by atoms with E-state index in [1.807, 2.05) is 0 Å². The molecular weight excluding hydrogens is 492 g/mol. The molecule has 40 heavy (non-hydrogen) atoms. The number of carbonyl (C=O) groups excluding carboxylic acids is 2. The number of rotatable bonds is 30. The Balaban J connectivity index is 0. The van der Waals surface area contributed by atoms with Crippen molar-refractivity contribution in [3.8, 4) is 0 Å². The number of hydrogen-bond donors (Lipinski definition) is 2. The zero-order chi connectivity index (χ0) is 29.8. The molecule has 0 aliphatic rings. The largest absolute Gasteiger partial charge is 0.353 e. The number of nitrogens with one attached hydrogen (secondary N) is 2. The molecule has 2 N–H and O–H groups in total. The van der Waals surface area contributed by atoms with Crippen LogP contribution in [0.3, 0.4) is 0 Å². The van der Waals surface area contributed by atoms with Crippen LogP contribution in [0.25, 0.3) is 0 Å². The maximum absolute atomic E-state index is 10.9. The fourth-order valence-corrected chi connectivity index (χ4v) is 4.85. The topological polar surface area (TPSA) is 58.2 Å². The molecule has 2 amide bonds. The van der Waals surface area contributed by atoms with Crippen LogP contribution in [0, 0.1) is 0 Å². The molecule has 0 saturated heterocycles. The van der Waals surface area contributed by atoms with Gasteiger partial charge in [0.05, 0.1) is 0 Å². The van der Waals surface area contributed by atoms with Gasteiger partial charge >= 0.3 is 0 Å². The quantitative estimate of drug-likeness (QED) is 0.0675. The monoisotopic (exact) mass is 563 g/mol. The standard InChI is InChI=1S/C21H41NO.C15H29NO/c1-3-5-6-7-8-9-10-11-12-13-14-15-16-17-18-19-20-22-21(23)4-2;1-3-5-6-7-8-9-10-11-12-13-14-16-15(17)4-2/h4H,2-3,5-20H2,1H3,(H,22,23);4H,2-3,5-14H2,1H3,(H,16,17). The fourth-order valence-electron chi connectivity index (χ4n) is 4.85. The van der Waals surface area contributed by atoms with E-state index in [4.69, 9.17) is 0 Å². The van der Waals surface area contributed by atoms with Crippen molar-refractivity contribution in [1.82, 2.24) is 10.6 Å². The van der Waals surface area contributed by atoms with E-state index >= 15 is 0 Å². The van der Waals surface area contributed by atoms with Crippen molar-refractivity contribution in [3.63, 3.8) is 0 Å². The lowest BCUT2D eigenvalue weighted by atomic mass is 10.0. The summed E-state index contributed by atoms with van der Waals surface area (Å²) in [5.41, 5.74) is 0. The minimum absolute atomic E-state index is 0.0500. The van der Waals surface area contributed by atoms with E-state index in [0.717, 1.165) is 25.9 Å². The Hall–Kier alpha value is -1.58. The highest BCUT2D eigenvalue weighted by Gasteiger charge is 1.96. The summed E-state index contributed by atoms with van der Waals surface area (Å²) >= 11 is 0.